The molecule has 0 rings (SSSR count). The van der Waals surface area contributed by atoms with Gasteiger partial charge in [0, 0.05) is 12.8 Å². The molecule has 10 heteroatoms. The van der Waals surface area contributed by atoms with Crippen LogP contribution in [-0.4, -0.2) is 74.3 Å². The van der Waals surface area contributed by atoms with E-state index >= 15 is 0 Å². The molecule has 9 nitrogen and oxygen atoms in total. The summed E-state index contributed by atoms with van der Waals surface area (Å²) in [6.07, 6.45) is 82.1. The Balaban J connectivity index is 5.25. The summed E-state index contributed by atoms with van der Waals surface area (Å²) in [7, 11) is 1.44. The molecule has 0 aliphatic carbocycles. The number of likely N-dealkylation sites (N-methyl/N-ethyl adjacent to an activating group) is 1. The molecule has 0 saturated heterocycles. The number of nitrogens with one attached hydrogen (secondary N) is 1. The molecule has 3 atom stereocenters. The van der Waals surface area contributed by atoms with E-state index in [9.17, 15) is 19.0 Å². The topological polar surface area (TPSA) is 111 Å². The van der Waals surface area contributed by atoms with Crippen molar-refractivity contribution in [3.05, 3.63) is 122 Å². The van der Waals surface area contributed by atoms with Crippen molar-refractivity contribution in [1.82, 2.24) is 5.32 Å². The average Bonchev–Trinajstić information content (AvgIpc) is 3.42. The Hall–Kier alpha value is -3.59. The van der Waals surface area contributed by atoms with Gasteiger partial charge in [0.1, 0.15) is 19.3 Å². The summed E-state index contributed by atoms with van der Waals surface area (Å²) in [4.78, 5) is 37.7. The predicted octanol–water partition coefficient (Wildman–Crippen LogP) is 20.3. The van der Waals surface area contributed by atoms with Crippen molar-refractivity contribution in [2.24, 2.45) is 0 Å². The molecule has 0 aromatic carbocycles. The molecule has 0 heterocycles. The Labute approximate surface area is 493 Å². The first-order chi connectivity index (χ1) is 38.9. The number of esters is 1. The molecule has 2 N–H and O–H groups in total. The summed E-state index contributed by atoms with van der Waals surface area (Å²) in [6.45, 7) is 6.81. The smallest absolute Gasteiger partial charge is 0.456 e. The standard InChI is InChI=1S/C70H121N2O7P/c1-7-10-13-16-19-22-25-28-30-32-33-34-35-36-37-38-39-41-43-45-48-51-54-57-60-63-70(74)79-68(61-58-55-52-49-46-27-24-21-18-15-12-9-3)67(66-78-80(75,76)77-65-64-72(4,5)6)71-69(73)62-59-56-53-50-47-44-42-40-31-29-26-23-20-17-14-11-8-2/h10,13,19-20,22-23,28-31,33-34,36-37,42,44,50,53,58,61,67-68H,7-9,11-12,14-18,21,24-27,32,35,38-41,43,45-49,51-52,54-57,59-60,62-66H2,1-6H3,(H-,71,73,75,76)/p+1/b13-10-,22-19-,23-20-,30-28-,31-29-,34-33-,37-36-,44-42-,53-50-,61-58-. The molecule has 80 heavy (non-hydrogen) atoms. The lowest BCUT2D eigenvalue weighted by molar-refractivity contribution is -0.870. The number of amides is 1. The molecule has 0 aromatic rings. The Morgan fingerprint density at radius 1 is 0.450 bits per heavy atom. The third kappa shape index (κ3) is 59.0. The third-order valence-electron chi connectivity index (χ3n) is 13.6. The number of ether oxygens (including phenoxy) is 1. The van der Waals surface area contributed by atoms with Crippen LogP contribution in [0.1, 0.15) is 258 Å². The lowest BCUT2D eigenvalue weighted by atomic mass is 10.0. The number of unbranched alkanes of at least 4 members (excludes halogenated alkanes) is 23. The highest BCUT2D eigenvalue weighted by Gasteiger charge is 2.30. The van der Waals surface area contributed by atoms with Crippen LogP contribution in [0.25, 0.3) is 0 Å². The molecule has 0 spiro atoms. The van der Waals surface area contributed by atoms with Crippen LogP contribution in [0.4, 0.5) is 0 Å². The number of hydrogen-bond acceptors (Lipinski definition) is 6. The monoisotopic (exact) mass is 1130 g/mol. The van der Waals surface area contributed by atoms with E-state index in [1.54, 1.807) is 0 Å². The Kier molecular flexibility index (Phi) is 56.0. The van der Waals surface area contributed by atoms with Gasteiger partial charge in [0.15, 0.2) is 0 Å². The maximum Gasteiger partial charge on any atom is 0.472 e. The molecular formula is C70H122N2O7P+. The van der Waals surface area contributed by atoms with Crippen LogP contribution < -0.4 is 5.32 Å². The summed E-state index contributed by atoms with van der Waals surface area (Å²) < 4.78 is 30.7. The quantitative estimate of drug-likeness (QED) is 0.0205. The summed E-state index contributed by atoms with van der Waals surface area (Å²) in [6, 6.07) is -0.887. The normalized spacial score (nSPS) is 14.4. The summed E-state index contributed by atoms with van der Waals surface area (Å²) in [5.41, 5.74) is 0. The minimum absolute atomic E-state index is 0.0232. The number of allylic oxidation sites excluding steroid dienone is 19. The van der Waals surface area contributed by atoms with E-state index in [-0.39, 0.29) is 37.9 Å². The number of carbonyl (C=O) groups is 2. The van der Waals surface area contributed by atoms with Gasteiger partial charge in [-0.1, -0.05) is 252 Å². The fourth-order valence-electron chi connectivity index (χ4n) is 8.66. The first-order valence-electron chi connectivity index (χ1n) is 32.4. The highest BCUT2D eigenvalue weighted by Crippen LogP contribution is 2.43. The van der Waals surface area contributed by atoms with Crippen LogP contribution in [0.15, 0.2) is 122 Å². The second-order valence-electron chi connectivity index (χ2n) is 22.5. The molecule has 1 amide bonds. The molecular weight excluding hydrogens is 1010 g/mol. The lowest BCUT2D eigenvalue weighted by Crippen LogP contribution is -2.47. The number of quaternary nitrogens is 1. The van der Waals surface area contributed by atoms with Crippen LogP contribution in [0, 0.1) is 0 Å². The van der Waals surface area contributed by atoms with E-state index < -0.39 is 20.0 Å². The van der Waals surface area contributed by atoms with E-state index in [0.29, 0.717) is 17.4 Å². The van der Waals surface area contributed by atoms with Gasteiger partial charge in [-0.05, 0) is 115 Å². The molecule has 0 bridgehead atoms. The number of rotatable bonds is 57. The van der Waals surface area contributed by atoms with Crippen molar-refractivity contribution < 1.29 is 37.3 Å². The summed E-state index contributed by atoms with van der Waals surface area (Å²) >= 11 is 0. The first-order valence-corrected chi connectivity index (χ1v) is 33.9. The van der Waals surface area contributed by atoms with E-state index in [1.807, 2.05) is 33.3 Å². The van der Waals surface area contributed by atoms with Crippen LogP contribution in [0.5, 0.6) is 0 Å². The van der Waals surface area contributed by atoms with Crippen LogP contribution in [-0.2, 0) is 27.9 Å². The number of phosphoric acid groups is 1. The average molecular weight is 1130 g/mol. The van der Waals surface area contributed by atoms with Gasteiger partial charge in [0.05, 0.1) is 33.8 Å². The number of carbonyl (C=O) groups excluding carboxylic acids is 2. The summed E-state index contributed by atoms with van der Waals surface area (Å²) in [5, 5.41) is 3.02. The van der Waals surface area contributed by atoms with Crippen LogP contribution in [0.3, 0.4) is 0 Å². The fraction of sp³-hybridized carbons (Fsp3) is 0.686. The van der Waals surface area contributed by atoms with Crippen LogP contribution >= 0.6 is 7.82 Å². The Morgan fingerprint density at radius 3 is 1.25 bits per heavy atom. The van der Waals surface area contributed by atoms with Crippen molar-refractivity contribution in [3.8, 4) is 0 Å². The third-order valence-corrected chi connectivity index (χ3v) is 14.6. The Morgan fingerprint density at radius 2 is 0.812 bits per heavy atom. The van der Waals surface area contributed by atoms with E-state index in [0.717, 1.165) is 109 Å². The minimum Gasteiger partial charge on any atom is -0.456 e. The van der Waals surface area contributed by atoms with E-state index in [4.69, 9.17) is 13.8 Å². The molecule has 0 aliphatic heterocycles. The van der Waals surface area contributed by atoms with Gasteiger partial charge in [-0.3, -0.25) is 18.6 Å². The molecule has 0 aliphatic rings. The second kappa shape index (κ2) is 58.6. The van der Waals surface area contributed by atoms with Crippen molar-refractivity contribution in [1.29, 1.82) is 0 Å². The van der Waals surface area contributed by atoms with E-state index in [1.165, 1.54) is 109 Å². The van der Waals surface area contributed by atoms with Crippen molar-refractivity contribution in [3.63, 3.8) is 0 Å². The molecule has 0 radical (unpaired) electrons. The van der Waals surface area contributed by atoms with Gasteiger partial charge < -0.3 is 19.4 Å². The molecule has 0 fully saturated rings. The molecule has 458 valence electrons. The highest BCUT2D eigenvalue weighted by atomic mass is 31.2. The van der Waals surface area contributed by atoms with Gasteiger partial charge in [0.2, 0.25) is 5.91 Å². The van der Waals surface area contributed by atoms with Crippen molar-refractivity contribution in [2.75, 3.05) is 40.9 Å². The van der Waals surface area contributed by atoms with Gasteiger partial charge >= 0.3 is 13.8 Å². The number of phosphoric ester groups is 1. The summed E-state index contributed by atoms with van der Waals surface area (Å²) in [5.74, 6) is -0.583. The lowest BCUT2D eigenvalue weighted by Gasteiger charge is -2.27. The number of hydrogen-bond donors (Lipinski definition) is 2. The second-order valence-corrected chi connectivity index (χ2v) is 24.0. The molecule has 3 unspecified atom stereocenters. The van der Waals surface area contributed by atoms with Gasteiger partial charge in [-0.25, -0.2) is 4.57 Å². The maximum atomic E-state index is 13.5. The number of nitrogens with zero attached hydrogens (tertiary/aromatic N) is 1. The first kappa shape index (κ1) is 76.4. The predicted molar refractivity (Wildman–Crippen MR) is 346 cm³/mol. The van der Waals surface area contributed by atoms with Gasteiger partial charge in [0.25, 0.3) is 0 Å². The fourth-order valence-corrected chi connectivity index (χ4v) is 9.40. The maximum absolute atomic E-state index is 13.5. The molecule has 0 aromatic heterocycles. The van der Waals surface area contributed by atoms with Gasteiger partial charge in [-0.15, -0.1) is 0 Å². The minimum atomic E-state index is -4.47. The zero-order valence-electron chi connectivity index (χ0n) is 52.3. The molecule has 0 saturated carbocycles. The Bertz CT molecular complexity index is 1780. The van der Waals surface area contributed by atoms with Crippen molar-refractivity contribution in [2.45, 2.75) is 270 Å². The largest absolute Gasteiger partial charge is 0.472 e. The zero-order chi connectivity index (χ0) is 58.6. The van der Waals surface area contributed by atoms with Gasteiger partial charge in [-0.2, -0.15) is 0 Å². The van der Waals surface area contributed by atoms with E-state index in [2.05, 4.69) is 135 Å². The highest BCUT2D eigenvalue weighted by molar-refractivity contribution is 7.47. The SMILES string of the molecule is CC/C=C\C/C=C\C/C=C\C/C=C\C/C=C\CCCCCCCCCCCC(=O)OC(/C=C\CCCCCCCCCCCC)C(COP(=O)(O)OCC[N+](C)(C)C)NC(=O)CCC/C=C\C/C=C\C/C=C\C/C=C\CCCCC. The van der Waals surface area contributed by atoms with Crippen LogP contribution in [0.2, 0.25) is 0 Å². The zero-order valence-corrected chi connectivity index (χ0v) is 53.2. The van der Waals surface area contributed by atoms with Crippen molar-refractivity contribution >= 4 is 19.7 Å².